The Balaban J connectivity index is 2.12. The maximum absolute atomic E-state index is 13.9. The molecule has 3 heteroatoms. The predicted octanol–water partition coefficient (Wildman–Crippen LogP) is 5.48. The number of halogens is 1. The van der Waals surface area contributed by atoms with Gasteiger partial charge in [-0.05, 0) is 55.7 Å². The molecule has 0 saturated heterocycles. The van der Waals surface area contributed by atoms with Crippen molar-refractivity contribution in [3.05, 3.63) is 77.9 Å². The summed E-state index contributed by atoms with van der Waals surface area (Å²) in [7, 11) is 0. The van der Waals surface area contributed by atoms with Crippen molar-refractivity contribution in [2.75, 3.05) is 0 Å². The van der Waals surface area contributed by atoms with Gasteiger partial charge >= 0.3 is 0 Å². The fraction of sp³-hybridized carbons (Fsp3) is 0.143. The van der Waals surface area contributed by atoms with Crippen LogP contribution >= 0.6 is 0 Å². The van der Waals surface area contributed by atoms with Gasteiger partial charge in [-0.2, -0.15) is 0 Å². The molecule has 3 aromatic rings. The van der Waals surface area contributed by atoms with E-state index < -0.39 is 0 Å². The van der Waals surface area contributed by atoms with Gasteiger partial charge in [0.2, 0.25) is 0 Å². The van der Waals surface area contributed by atoms with Crippen LogP contribution < -0.4 is 0 Å². The van der Waals surface area contributed by atoms with E-state index in [1.54, 1.807) is 18.3 Å². The third kappa shape index (κ3) is 2.52. The highest BCUT2D eigenvalue weighted by Crippen LogP contribution is 2.37. The summed E-state index contributed by atoms with van der Waals surface area (Å²) in [5.41, 5.74) is 5.70. The summed E-state index contributed by atoms with van der Waals surface area (Å²) in [5, 5.41) is 0.800. The molecule has 0 N–H and O–H groups in total. The van der Waals surface area contributed by atoms with Crippen LogP contribution in [0.5, 0.6) is 0 Å². The van der Waals surface area contributed by atoms with Crippen molar-refractivity contribution < 1.29 is 4.39 Å². The number of aryl methyl sites for hydroxylation is 1. The van der Waals surface area contributed by atoms with Crippen molar-refractivity contribution in [2.24, 2.45) is 0 Å². The highest BCUT2D eigenvalue weighted by molar-refractivity contribution is 6.01. The van der Waals surface area contributed by atoms with Crippen LogP contribution in [0.3, 0.4) is 0 Å². The van der Waals surface area contributed by atoms with Crippen molar-refractivity contribution in [3.63, 3.8) is 0 Å². The maximum Gasteiger partial charge on any atom is 0.123 e. The van der Waals surface area contributed by atoms with E-state index >= 15 is 0 Å². The summed E-state index contributed by atoms with van der Waals surface area (Å²) in [6, 6.07) is 10.6. The van der Waals surface area contributed by atoms with Crippen molar-refractivity contribution in [3.8, 4) is 11.3 Å². The second kappa shape index (κ2) is 6.00. The molecule has 118 valence electrons. The molecule has 1 aliphatic carbocycles. The largest absolute Gasteiger partial charge is 0.256 e. The van der Waals surface area contributed by atoms with Crippen molar-refractivity contribution >= 4 is 16.5 Å². The Bertz CT molecular complexity index is 972. The molecule has 2 nitrogen and oxygen atoms in total. The molecule has 0 aliphatic heterocycles. The molecule has 2 heterocycles. The zero-order chi connectivity index (χ0) is 16.5. The van der Waals surface area contributed by atoms with E-state index in [9.17, 15) is 4.39 Å². The third-order valence-electron chi connectivity index (χ3n) is 4.33. The zero-order valence-corrected chi connectivity index (χ0v) is 13.5. The number of hydrogen-bond donors (Lipinski definition) is 0. The summed E-state index contributed by atoms with van der Waals surface area (Å²) >= 11 is 0. The highest BCUT2D eigenvalue weighted by Gasteiger charge is 2.18. The van der Waals surface area contributed by atoms with Crippen LogP contribution in [0.25, 0.3) is 27.7 Å². The molecule has 0 unspecified atom stereocenters. The number of hydrogen-bond acceptors (Lipinski definition) is 2. The van der Waals surface area contributed by atoms with Gasteiger partial charge in [0.1, 0.15) is 5.82 Å². The summed E-state index contributed by atoms with van der Waals surface area (Å²) < 4.78 is 13.9. The van der Waals surface area contributed by atoms with E-state index in [2.05, 4.69) is 23.2 Å². The zero-order valence-electron chi connectivity index (χ0n) is 13.5. The molecular weight excluding hydrogens is 299 g/mol. The molecule has 0 bridgehead atoms. The SMILES string of the molecule is Cc1nc2ccc(F)cc2c(-c2ccccn2)c1C1=CCCC=C1. The quantitative estimate of drug-likeness (QED) is 0.626. The van der Waals surface area contributed by atoms with Gasteiger partial charge in [0.15, 0.2) is 0 Å². The molecule has 24 heavy (non-hydrogen) atoms. The molecule has 0 amide bonds. The van der Waals surface area contributed by atoms with E-state index in [-0.39, 0.29) is 5.82 Å². The third-order valence-corrected chi connectivity index (χ3v) is 4.33. The Morgan fingerprint density at radius 1 is 1.04 bits per heavy atom. The van der Waals surface area contributed by atoms with Gasteiger partial charge in [-0.3, -0.25) is 9.97 Å². The number of rotatable bonds is 2. The van der Waals surface area contributed by atoms with Gasteiger partial charge in [0.25, 0.3) is 0 Å². The fourth-order valence-electron chi connectivity index (χ4n) is 3.29. The Hall–Kier alpha value is -2.81. The first-order valence-electron chi connectivity index (χ1n) is 8.12. The van der Waals surface area contributed by atoms with Gasteiger partial charge in [-0.15, -0.1) is 0 Å². The van der Waals surface area contributed by atoms with Crippen molar-refractivity contribution in [1.82, 2.24) is 9.97 Å². The molecule has 0 saturated carbocycles. The van der Waals surface area contributed by atoms with Crippen molar-refractivity contribution in [2.45, 2.75) is 19.8 Å². The van der Waals surface area contributed by atoms with Gasteiger partial charge in [0, 0.05) is 28.4 Å². The molecule has 1 aliphatic rings. The van der Waals surface area contributed by atoms with Crippen molar-refractivity contribution in [1.29, 1.82) is 0 Å². The number of fused-ring (bicyclic) bond motifs is 1. The average molecular weight is 316 g/mol. The Kier molecular flexibility index (Phi) is 3.69. The van der Waals surface area contributed by atoms with Gasteiger partial charge in [-0.1, -0.05) is 24.3 Å². The molecular formula is C21H17FN2. The summed E-state index contributed by atoms with van der Waals surface area (Å²) in [4.78, 5) is 9.23. The van der Waals surface area contributed by atoms with Crippen LogP contribution in [0.4, 0.5) is 4.39 Å². The van der Waals surface area contributed by atoms with E-state index in [1.165, 1.54) is 6.07 Å². The van der Waals surface area contributed by atoms with Gasteiger partial charge in [-0.25, -0.2) is 4.39 Å². The summed E-state index contributed by atoms with van der Waals surface area (Å²) in [5.74, 6) is -0.260. The van der Waals surface area contributed by atoms with Crippen LogP contribution in [0.2, 0.25) is 0 Å². The number of benzene rings is 1. The molecule has 4 rings (SSSR count). The predicted molar refractivity (Wildman–Crippen MR) is 96.0 cm³/mol. The van der Waals surface area contributed by atoms with Gasteiger partial charge in [0.05, 0.1) is 11.2 Å². The lowest BCUT2D eigenvalue weighted by atomic mass is 9.90. The van der Waals surface area contributed by atoms with E-state index in [0.717, 1.165) is 51.8 Å². The van der Waals surface area contributed by atoms with E-state index in [4.69, 9.17) is 4.98 Å². The normalized spacial score (nSPS) is 14.0. The minimum absolute atomic E-state index is 0.260. The Morgan fingerprint density at radius 3 is 2.71 bits per heavy atom. The van der Waals surface area contributed by atoms with Crippen LogP contribution in [-0.2, 0) is 0 Å². The fourth-order valence-corrected chi connectivity index (χ4v) is 3.29. The number of pyridine rings is 2. The first-order valence-corrected chi connectivity index (χ1v) is 8.12. The Labute approximate surface area is 140 Å². The van der Waals surface area contributed by atoms with Crippen LogP contribution in [0, 0.1) is 12.7 Å². The van der Waals surface area contributed by atoms with E-state index in [1.807, 2.05) is 25.1 Å². The second-order valence-corrected chi connectivity index (χ2v) is 5.96. The molecule has 0 fully saturated rings. The van der Waals surface area contributed by atoms with Crippen LogP contribution in [-0.4, -0.2) is 9.97 Å². The molecule has 2 aromatic heterocycles. The smallest absolute Gasteiger partial charge is 0.123 e. The molecule has 0 atom stereocenters. The Morgan fingerprint density at radius 2 is 1.96 bits per heavy atom. The first-order chi connectivity index (χ1) is 11.7. The van der Waals surface area contributed by atoms with E-state index in [0.29, 0.717) is 0 Å². The van der Waals surface area contributed by atoms with Gasteiger partial charge < -0.3 is 0 Å². The average Bonchev–Trinajstić information content (AvgIpc) is 2.62. The number of nitrogens with zero attached hydrogens (tertiary/aromatic N) is 2. The number of allylic oxidation sites excluding steroid dienone is 4. The van der Waals surface area contributed by atoms with Crippen LogP contribution in [0.15, 0.2) is 60.8 Å². The summed E-state index contributed by atoms with van der Waals surface area (Å²) in [6.07, 6.45) is 10.4. The lowest BCUT2D eigenvalue weighted by Crippen LogP contribution is -2.00. The minimum atomic E-state index is -0.260. The molecule has 0 spiro atoms. The highest BCUT2D eigenvalue weighted by atomic mass is 19.1. The standard InChI is InChI=1S/C21H17FN2/c1-14-20(15-7-3-2-4-8-15)21(19-9-5-6-12-23-19)17-13-16(22)10-11-18(17)24-14/h3,5-13H,2,4H2,1H3. The lowest BCUT2D eigenvalue weighted by Gasteiger charge is -2.17. The topological polar surface area (TPSA) is 25.8 Å². The first kappa shape index (κ1) is 14.8. The monoisotopic (exact) mass is 316 g/mol. The number of aromatic nitrogens is 2. The summed E-state index contributed by atoms with van der Waals surface area (Å²) in [6.45, 7) is 2.01. The molecule has 0 radical (unpaired) electrons. The molecule has 1 aromatic carbocycles. The maximum atomic E-state index is 13.9. The second-order valence-electron chi connectivity index (χ2n) is 5.96. The minimum Gasteiger partial charge on any atom is -0.256 e. The lowest BCUT2D eigenvalue weighted by molar-refractivity contribution is 0.629. The van der Waals surface area contributed by atoms with Crippen LogP contribution in [0.1, 0.15) is 24.1 Å².